The summed E-state index contributed by atoms with van der Waals surface area (Å²) in [5.74, 6) is -1.55. The predicted octanol–water partition coefficient (Wildman–Crippen LogP) is 0.861. The Bertz CT molecular complexity index is 661. The van der Waals surface area contributed by atoms with Crippen LogP contribution in [0.25, 0.3) is 0 Å². The van der Waals surface area contributed by atoms with Gasteiger partial charge in [0.2, 0.25) is 11.8 Å². The fourth-order valence-corrected chi connectivity index (χ4v) is 4.78. The van der Waals surface area contributed by atoms with Crippen LogP contribution < -0.4 is 5.32 Å². The van der Waals surface area contributed by atoms with E-state index < -0.39 is 22.8 Å². The van der Waals surface area contributed by atoms with E-state index in [4.69, 9.17) is 0 Å². The number of thioether (sulfide) groups is 1. The van der Waals surface area contributed by atoms with Gasteiger partial charge in [-0.05, 0) is 19.4 Å². The number of carboxylic acids is 1. The van der Waals surface area contributed by atoms with E-state index in [-0.39, 0.29) is 23.6 Å². The third kappa shape index (κ3) is 2.69. The number of β-lactam (4-membered cyclic amide) rings is 1. The lowest BCUT2D eigenvalue weighted by molar-refractivity contribution is -0.161. The van der Waals surface area contributed by atoms with Crippen molar-refractivity contribution in [3.8, 4) is 0 Å². The van der Waals surface area contributed by atoms with E-state index in [1.165, 1.54) is 16.7 Å². The lowest BCUT2D eigenvalue weighted by atomic mass is 9.96. The Kier molecular flexibility index (Phi) is 3.83. The number of aliphatic carboxylic acids is 1. The van der Waals surface area contributed by atoms with Gasteiger partial charge in [-0.2, -0.15) is 0 Å². The van der Waals surface area contributed by atoms with Gasteiger partial charge in [-0.1, -0.05) is 30.3 Å². The smallest absolute Gasteiger partial charge is 0.327 e. The van der Waals surface area contributed by atoms with E-state index >= 15 is 0 Å². The van der Waals surface area contributed by atoms with Gasteiger partial charge in [0, 0.05) is 4.75 Å². The Labute approximate surface area is 138 Å². The molecule has 2 N–H and O–H groups in total. The van der Waals surface area contributed by atoms with Crippen molar-refractivity contribution in [1.82, 2.24) is 10.2 Å². The number of hydrogen-bond donors (Lipinski definition) is 2. The molecule has 0 aromatic heterocycles. The molecule has 2 unspecified atom stereocenters. The third-order valence-corrected chi connectivity index (χ3v) is 5.77. The van der Waals surface area contributed by atoms with Crippen LogP contribution in [0.2, 0.25) is 0 Å². The Morgan fingerprint density at radius 2 is 1.96 bits per heavy atom. The van der Waals surface area contributed by atoms with Crippen LogP contribution in [0, 0.1) is 0 Å². The highest BCUT2D eigenvalue weighted by atomic mass is 32.2. The van der Waals surface area contributed by atoms with Crippen LogP contribution in [0.4, 0.5) is 0 Å². The molecule has 3 rings (SSSR count). The van der Waals surface area contributed by atoms with Crippen LogP contribution >= 0.6 is 11.8 Å². The molecule has 23 heavy (non-hydrogen) atoms. The van der Waals surface area contributed by atoms with Crippen molar-refractivity contribution in [1.29, 1.82) is 0 Å². The molecule has 122 valence electrons. The van der Waals surface area contributed by atoms with Gasteiger partial charge in [-0.15, -0.1) is 11.8 Å². The molecule has 2 saturated heterocycles. The Morgan fingerprint density at radius 3 is 2.57 bits per heavy atom. The zero-order chi connectivity index (χ0) is 16.8. The second-order valence-corrected chi connectivity index (χ2v) is 8.08. The van der Waals surface area contributed by atoms with Gasteiger partial charge in [0.1, 0.15) is 17.5 Å². The first kappa shape index (κ1) is 15.9. The number of carboxylic acid groups (broad SMARTS) is 1. The molecule has 0 saturated carbocycles. The van der Waals surface area contributed by atoms with Crippen LogP contribution in [0.3, 0.4) is 0 Å². The molecule has 2 amide bonds. The molecule has 6 nitrogen and oxygen atoms in total. The quantitative estimate of drug-likeness (QED) is 0.798. The monoisotopic (exact) mass is 334 g/mol. The van der Waals surface area contributed by atoms with E-state index in [1.54, 1.807) is 0 Å². The maximum Gasteiger partial charge on any atom is 0.327 e. The van der Waals surface area contributed by atoms with Gasteiger partial charge in [0.05, 0.1) is 6.42 Å². The average molecular weight is 334 g/mol. The highest BCUT2D eigenvalue weighted by Crippen LogP contribution is 2.50. The Morgan fingerprint density at radius 1 is 1.30 bits per heavy atom. The van der Waals surface area contributed by atoms with Crippen molar-refractivity contribution >= 4 is 29.5 Å². The zero-order valence-electron chi connectivity index (χ0n) is 12.9. The normalized spacial score (nSPS) is 28.0. The number of carbonyl (C=O) groups excluding carboxylic acids is 2. The summed E-state index contributed by atoms with van der Waals surface area (Å²) in [6, 6.07) is 7.78. The van der Waals surface area contributed by atoms with E-state index in [9.17, 15) is 19.5 Å². The number of hydrogen-bond acceptors (Lipinski definition) is 4. The van der Waals surface area contributed by atoms with E-state index in [1.807, 2.05) is 44.2 Å². The predicted molar refractivity (Wildman–Crippen MR) is 85.8 cm³/mol. The van der Waals surface area contributed by atoms with Gasteiger partial charge in [-0.3, -0.25) is 9.59 Å². The molecule has 0 bridgehead atoms. The number of amides is 2. The topological polar surface area (TPSA) is 86.7 Å². The SMILES string of the molecule is CC1(C)S[C@@H]2C(NC(=O)Cc3ccccc3)C(=O)N2C1C(=O)O. The molecule has 0 radical (unpaired) electrons. The second-order valence-electron chi connectivity index (χ2n) is 6.31. The van der Waals surface area contributed by atoms with E-state index in [0.29, 0.717) is 0 Å². The Balaban J connectivity index is 1.66. The summed E-state index contributed by atoms with van der Waals surface area (Å²) in [7, 11) is 0. The summed E-state index contributed by atoms with van der Waals surface area (Å²) < 4.78 is -0.578. The van der Waals surface area contributed by atoms with Crippen molar-refractivity contribution in [2.45, 2.75) is 42.5 Å². The first-order valence-electron chi connectivity index (χ1n) is 7.37. The van der Waals surface area contributed by atoms with Crippen LogP contribution in [0.15, 0.2) is 30.3 Å². The summed E-state index contributed by atoms with van der Waals surface area (Å²) in [5, 5.41) is 11.8. The molecule has 3 atom stereocenters. The van der Waals surface area contributed by atoms with Gasteiger partial charge in [-0.25, -0.2) is 4.79 Å². The van der Waals surface area contributed by atoms with Gasteiger partial charge >= 0.3 is 5.97 Å². The molecule has 0 spiro atoms. The van der Waals surface area contributed by atoms with Crippen LogP contribution in [-0.2, 0) is 20.8 Å². The minimum absolute atomic E-state index is 0.202. The van der Waals surface area contributed by atoms with Gasteiger partial charge in [0.15, 0.2) is 0 Å². The standard InChI is InChI=1S/C16H18N2O4S/c1-16(2)12(15(21)22)18-13(20)11(14(18)23-16)17-10(19)8-9-6-4-3-5-7-9/h3-7,11-12,14H,8H2,1-2H3,(H,17,19)(H,21,22)/t11?,12?,14-/m1/s1. The zero-order valence-corrected chi connectivity index (χ0v) is 13.7. The number of nitrogens with zero attached hydrogens (tertiary/aromatic N) is 1. The fraction of sp³-hybridized carbons (Fsp3) is 0.438. The van der Waals surface area contributed by atoms with Crippen LogP contribution in [0.1, 0.15) is 19.4 Å². The largest absolute Gasteiger partial charge is 0.480 e. The van der Waals surface area contributed by atoms with Crippen molar-refractivity contribution < 1.29 is 19.5 Å². The molecule has 1 aromatic rings. The molecule has 2 aliphatic heterocycles. The fourth-order valence-electron chi connectivity index (χ4n) is 3.15. The second kappa shape index (κ2) is 5.56. The average Bonchev–Trinajstić information content (AvgIpc) is 2.74. The van der Waals surface area contributed by atoms with Crippen molar-refractivity contribution in [2.24, 2.45) is 0 Å². The first-order valence-corrected chi connectivity index (χ1v) is 8.25. The molecule has 0 aliphatic carbocycles. The maximum absolute atomic E-state index is 12.3. The number of benzene rings is 1. The molecule has 2 fully saturated rings. The van der Waals surface area contributed by atoms with Crippen molar-refractivity contribution in [3.05, 3.63) is 35.9 Å². The first-order chi connectivity index (χ1) is 10.8. The molecule has 2 aliphatic rings. The molecular weight excluding hydrogens is 316 g/mol. The minimum atomic E-state index is -1.01. The molecule has 1 aromatic carbocycles. The lowest BCUT2D eigenvalue weighted by Crippen LogP contribution is -2.70. The summed E-state index contributed by atoms with van der Waals surface area (Å²) in [5.41, 5.74) is 0.872. The number of rotatable bonds is 4. The van der Waals surface area contributed by atoms with E-state index in [0.717, 1.165) is 5.56 Å². The van der Waals surface area contributed by atoms with Crippen LogP contribution in [0.5, 0.6) is 0 Å². The number of fused-ring (bicyclic) bond motifs is 1. The summed E-state index contributed by atoms with van der Waals surface area (Å²) >= 11 is 1.42. The van der Waals surface area contributed by atoms with Gasteiger partial charge in [0.25, 0.3) is 0 Å². The number of carbonyl (C=O) groups is 3. The minimum Gasteiger partial charge on any atom is -0.480 e. The van der Waals surface area contributed by atoms with Gasteiger partial charge < -0.3 is 15.3 Å². The summed E-state index contributed by atoms with van der Waals surface area (Å²) in [4.78, 5) is 37.2. The lowest BCUT2D eigenvalue weighted by Gasteiger charge is -2.43. The third-order valence-electron chi connectivity index (χ3n) is 4.20. The van der Waals surface area contributed by atoms with Crippen molar-refractivity contribution in [3.63, 3.8) is 0 Å². The summed E-state index contributed by atoms with van der Waals surface area (Å²) in [6.07, 6.45) is 0.202. The summed E-state index contributed by atoms with van der Waals surface area (Å²) in [6.45, 7) is 3.62. The van der Waals surface area contributed by atoms with Crippen LogP contribution in [-0.4, -0.2) is 50.0 Å². The number of nitrogens with one attached hydrogen (secondary N) is 1. The Hall–Kier alpha value is -2.02. The highest BCUT2D eigenvalue weighted by Gasteiger charge is 2.64. The molecule has 7 heteroatoms. The van der Waals surface area contributed by atoms with E-state index in [2.05, 4.69) is 5.32 Å². The molecule has 2 heterocycles. The maximum atomic E-state index is 12.3. The van der Waals surface area contributed by atoms with Crippen molar-refractivity contribution in [2.75, 3.05) is 0 Å². The molecular formula is C16H18N2O4S. The highest BCUT2D eigenvalue weighted by molar-refractivity contribution is 8.01.